The summed E-state index contributed by atoms with van der Waals surface area (Å²) in [5.74, 6) is -0.310. The van der Waals surface area contributed by atoms with Crippen LogP contribution < -0.4 is 10.1 Å². The first-order valence-corrected chi connectivity index (χ1v) is 9.66. The van der Waals surface area contributed by atoms with Gasteiger partial charge in [0.15, 0.2) is 6.39 Å². The molecule has 1 aromatic heterocycles. The third-order valence-corrected chi connectivity index (χ3v) is 5.45. The number of aliphatic hydroxyl groups excluding tert-OH is 1. The number of carbonyl (C=O) groups is 1. The lowest BCUT2D eigenvalue weighted by molar-refractivity contribution is -0.0351. The number of nitrogens with zero attached hydrogens (tertiary/aromatic N) is 2. The summed E-state index contributed by atoms with van der Waals surface area (Å²) in [4.78, 5) is 18.7. The van der Waals surface area contributed by atoms with Crippen LogP contribution in [0.5, 0.6) is 5.75 Å². The zero-order valence-electron chi connectivity index (χ0n) is 16.1. The molecule has 1 aliphatic heterocycles. The number of hydrogen-bond donors (Lipinski definition) is 2. The van der Waals surface area contributed by atoms with E-state index >= 15 is 0 Å². The van der Waals surface area contributed by atoms with E-state index in [9.17, 15) is 14.3 Å². The lowest BCUT2D eigenvalue weighted by Crippen LogP contribution is -2.56. The maximum atomic E-state index is 13.5. The average Bonchev–Trinajstić information content (AvgIpc) is 3.26. The SMILES string of the molecule is Cc1ncoc1C(=O)N[C@@H]1C[C@@H](Oc2cccc(F)c2)[C@H](O)[C@H]1N1CCOCC1. The van der Waals surface area contributed by atoms with Crippen LogP contribution in [0.3, 0.4) is 0 Å². The number of nitrogens with one attached hydrogen (secondary N) is 1. The highest BCUT2D eigenvalue weighted by atomic mass is 19.1. The monoisotopic (exact) mass is 405 g/mol. The van der Waals surface area contributed by atoms with Crippen molar-refractivity contribution in [2.24, 2.45) is 0 Å². The summed E-state index contributed by atoms with van der Waals surface area (Å²) in [5.41, 5.74) is 0.497. The van der Waals surface area contributed by atoms with Crippen molar-refractivity contribution in [1.29, 1.82) is 0 Å². The highest BCUT2D eigenvalue weighted by molar-refractivity contribution is 5.92. The molecule has 1 aromatic carbocycles. The summed E-state index contributed by atoms with van der Waals surface area (Å²) in [5, 5.41) is 14.0. The maximum absolute atomic E-state index is 13.5. The van der Waals surface area contributed by atoms with Gasteiger partial charge in [0.05, 0.1) is 31.0 Å². The van der Waals surface area contributed by atoms with Gasteiger partial charge in [-0.25, -0.2) is 9.37 Å². The highest BCUT2D eigenvalue weighted by Gasteiger charge is 2.48. The number of oxazole rings is 1. The summed E-state index contributed by atoms with van der Waals surface area (Å²) >= 11 is 0. The van der Waals surface area contributed by atoms with Crippen molar-refractivity contribution in [2.45, 2.75) is 37.6 Å². The molecule has 0 radical (unpaired) electrons. The average molecular weight is 405 g/mol. The van der Waals surface area contributed by atoms with Gasteiger partial charge in [-0.05, 0) is 19.1 Å². The third kappa shape index (κ3) is 4.26. The van der Waals surface area contributed by atoms with Crippen LogP contribution in [-0.4, -0.2) is 71.5 Å². The fraction of sp³-hybridized carbons (Fsp3) is 0.500. The Morgan fingerprint density at radius 2 is 2.17 bits per heavy atom. The van der Waals surface area contributed by atoms with Crippen LogP contribution in [0.2, 0.25) is 0 Å². The number of aryl methyl sites for hydroxylation is 1. The normalized spacial score (nSPS) is 27.7. The maximum Gasteiger partial charge on any atom is 0.289 e. The van der Waals surface area contributed by atoms with Gasteiger partial charge in [0, 0.05) is 25.6 Å². The zero-order valence-corrected chi connectivity index (χ0v) is 16.1. The molecule has 2 N–H and O–H groups in total. The Morgan fingerprint density at radius 3 is 2.86 bits per heavy atom. The van der Waals surface area contributed by atoms with Crippen LogP contribution in [0, 0.1) is 12.7 Å². The van der Waals surface area contributed by atoms with E-state index in [1.165, 1.54) is 18.5 Å². The van der Waals surface area contributed by atoms with Gasteiger partial charge in [-0.15, -0.1) is 0 Å². The summed E-state index contributed by atoms with van der Waals surface area (Å²) in [6.07, 6.45) is 0.144. The van der Waals surface area contributed by atoms with Crippen molar-refractivity contribution >= 4 is 5.91 Å². The van der Waals surface area contributed by atoms with Gasteiger partial charge in [-0.2, -0.15) is 0 Å². The molecule has 4 rings (SSSR count). The van der Waals surface area contributed by atoms with Gasteiger partial charge in [0.25, 0.3) is 5.91 Å². The molecule has 1 aliphatic carbocycles. The minimum Gasteiger partial charge on any atom is -0.487 e. The van der Waals surface area contributed by atoms with Crippen molar-refractivity contribution in [1.82, 2.24) is 15.2 Å². The summed E-state index contributed by atoms with van der Waals surface area (Å²) in [6.45, 7) is 4.09. The van der Waals surface area contributed by atoms with E-state index in [0.29, 0.717) is 44.2 Å². The van der Waals surface area contributed by atoms with Gasteiger partial charge in [-0.3, -0.25) is 9.69 Å². The number of amides is 1. The first kappa shape index (κ1) is 19.8. The van der Waals surface area contributed by atoms with Crippen molar-refractivity contribution in [3.63, 3.8) is 0 Å². The van der Waals surface area contributed by atoms with Crippen LogP contribution in [0.4, 0.5) is 4.39 Å². The quantitative estimate of drug-likeness (QED) is 0.770. The van der Waals surface area contributed by atoms with E-state index in [1.807, 2.05) is 0 Å². The molecule has 9 heteroatoms. The van der Waals surface area contributed by atoms with Gasteiger partial charge in [0.2, 0.25) is 5.76 Å². The molecule has 156 valence electrons. The van der Waals surface area contributed by atoms with E-state index in [2.05, 4.69) is 15.2 Å². The Kier molecular flexibility index (Phi) is 5.79. The van der Waals surface area contributed by atoms with Crippen molar-refractivity contribution in [3.8, 4) is 5.75 Å². The largest absolute Gasteiger partial charge is 0.487 e. The molecule has 0 bridgehead atoms. The molecule has 0 unspecified atom stereocenters. The van der Waals surface area contributed by atoms with E-state index in [1.54, 1.807) is 19.1 Å². The van der Waals surface area contributed by atoms with Gasteiger partial charge < -0.3 is 24.3 Å². The van der Waals surface area contributed by atoms with E-state index in [4.69, 9.17) is 13.9 Å². The third-order valence-electron chi connectivity index (χ3n) is 5.45. The summed E-state index contributed by atoms with van der Waals surface area (Å²) < 4.78 is 30.0. The second-order valence-corrected chi connectivity index (χ2v) is 7.33. The number of carbonyl (C=O) groups excluding carboxylic acids is 1. The topological polar surface area (TPSA) is 97.1 Å². The molecule has 2 aromatic rings. The smallest absolute Gasteiger partial charge is 0.289 e. The van der Waals surface area contributed by atoms with Crippen LogP contribution >= 0.6 is 0 Å². The number of aliphatic hydroxyl groups is 1. The summed E-state index contributed by atoms with van der Waals surface area (Å²) in [7, 11) is 0. The van der Waals surface area contributed by atoms with Crippen LogP contribution in [0.15, 0.2) is 35.1 Å². The highest BCUT2D eigenvalue weighted by Crippen LogP contribution is 2.30. The number of morpholine rings is 1. The summed E-state index contributed by atoms with van der Waals surface area (Å²) in [6, 6.07) is 5.07. The predicted molar refractivity (Wildman–Crippen MR) is 100 cm³/mol. The predicted octanol–water partition coefficient (Wildman–Crippen LogP) is 1.13. The van der Waals surface area contributed by atoms with Gasteiger partial charge in [0.1, 0.15) is 23.8 Å². The minimum absolute atomic E-state index is 0.148. The molecule has 2 aliphatic rings. The minimum atomic E-state index is -0.863. The molecule has 8 nitrogen and oxygen atoms in total. The second kappa shape index (κ2) is 8.48. The van der Waals surface area contributed by atoms with Gasteiger partial charge >= 0.3 is 0 Å². The van der Waals surface area contributed by atoms with Crippen LogP contribution in [0.1, 0.15) is 22.7 Å². The molecular weight excluding hydrogens is 381 g/mol. The molecule has 1 amide bonds. The number of benzene rings is 1. The zero-order chi connectivity index (χ0) is 20.4. The standard InChI is InChI=1S/C20H24FN3O5/c1-12-19(28-11-22-12)20(26)23-15-10-16(29-14-4-2-3-13(21)9-14)18(25)17(15)24-5-7-27-8-6-24/h2-4,9,11,15-18,25H,5-8,10H2,1H3,(H,23,26)/t15-,16-,17+,18+/m1/s1. The van der Waals surface area contributed by atoms with Crippen LogP contribution in [0.25, 0.3) is 0 Å². The number of rotatable bonds is 5. The number of aromatic nitrogens is 1. The van der Waals surface area contributed by atoms with Gasteiger partial charge in [-0.1, -0.05) is 6.07 Å². The number of halogens is 1. The van der Waals surface area contributed by atoms with Crippen molar-refractivity contribution in [2.75, 3.05) is 26.3 Å². The first-order chi connectivity index (χ1) is 14.0. The van der Waals surface area contributed by atoms with Crippen molar-refractivity contribution < 1.29 is 28.2 Å². The molecule has 2 heterocycles. The molecule has 0 spiro atoms. The molecule has 29 heavy (non-hydrogen) atoms. The Balaban J connectivity index is 1.53. The first-order valence-electron chi connectivity index (χ1n) is 9.66. The Bertz CT molecular complexity index is 854. The molecule has 4 atom stereocenters. The molecule has 1 saturated heterocycles. The second-order valence-electron chi connectivity index (χ2n) is 7.33. The van der Waals surface area contributed by atoms with E-state index < -0.39 is 18.0 Å². The Hall–Kier alpha value is -2.49. The lowest BCUT2D eigenvalue weighted by atomic mass is 10.1. The van der Waals surface area contributed by atoms with E-state index in [-0.39, 0.29) is 23.8 Å². The molecule has 1 saturated carbocycles. The molecule has 2 fully saturated rings. The van der Waals surface area contributed by atoms with E-state index in [0.717, 1.165) is 0 Å². The molecular formula is C20H24FN3O5. The fourth-order valence-electron chi connectivity index (χ4n) is 4.06. The number of ether oxygens (including phenoxy) is 2. The lowest BCUT2D eigenvalue weighted by Gasteiger charge is -2.37. The van der Waals surface area contributed by atoms with Crippen LogP contribution in [-0.2, 0) is 4.74 Å². The Morgan fingerprint density at radius 1 is 1.38 bits per heavy atom. The number of hydrogen-bond acceptors (Lipinski definition) is 7. The van der Waals surface area contributed by atoms with Crippen molar-refractivity contribution in [3.05, 3.63) is 47.9 Å². The Labute approximate surface area is 167 Å². The fourth-order valence-corrected chi connectivity index (χ4v) is 4.06.